The molecule has 6 saturated heterocycles. The zero-order valence-corrected chi connectivity index (χ0v) is 20.2. The Morgan fingerprint density at radius 3 is 0.914 bits per heavy atom. The SMILES string of the molecule is Cl.O=C1C=C(N2CC2)C(=O)C(N2CC2)=C1N1CC1.O=C1C=C(N2CC2)C(=O)C(N2CC2)=C1N1CC1. The zero-order valence-electron chi connectivity index (χ0n) is 19.4. The van der Waals surface area contributed by atoms with Crippen LogP contribution in [-0.2, 0) is 19.2 Å². The summed E-state index contributed by atoms with van der Waals surface area (Å²) in [6.45, 7) is 10.8. The first-order valence-electron chi connectivity index (χ1n) is 12.1. The summed E-state index contributed by atoms with van der Waals surface area (Å²) in [5.41, 5.74) is 3.77. The van der Waals surface area contributed by atoms with Crippen molar-refractivity contribution in [3.05, 3.63) is 46.3 Å². The van der Waals surface area contributed by atoms with Crippen LogP contribution in [0.25, 0.3) is 0 Å². The van der Waals surface area contributed by atoms with Crippen molar-refractivity contribution >= 4 is 35.5 Å². The maximum absolute atomic E-state index is 12.4. The van der Waals surface area contributed by atoms with Crippen LogP contribution in [0.2, 0.25) is 0 Å². The van der Waals surface area contributed by atoms with Crippen molar-refractivity contribution in [3.8, 4) is 0 Å². The molecule has 0 aromatic carbocycles. The number of ketones is 4. The van der Waals surface area contributed by atoms with Crippen molar-refractivity contribution < 1.29 is 19.2 Å². The van der Waals surface area contributed by atoms with Crippen LogP contribution < -0.4 is 0 Å². The van der Waals surface area contributed by atoms with Crippen LogP contribution in [0, 0.1) is 0 Å². The van der Waals surface area contributed by atoms with Gasteiger partial charge in [0.05, 0.1) is 11.4 Å². The maximum atomic E-state index is 12.4. The van der Waals surface area contributed by atoms with Gasteiger partial charge in [0.1, 0.15) is 22.8 Å². The fraction of sp³-hybridized carbons (Fsp3) is 0.500. The number of Topliss-reactive ketones (excluding diaryl/α,β-unsaturated/α-hetero) is 2. The lowest BCUT2D eigenvalue weighted by Gasteiger charge is -2.21. The summed E-state index contributed by atoms with van der Waals surface area (Å²) in [4.78, 5) is 60.9. The molecule has 0 saturated carbocycles. The molecule has 0 aromatic heterocycles. The topological polar surface area (TPSA) is 86.3 Å². The molecular weight excluding hydrogens is 472 g/mol. The van der Waals surface area contributed by atoms with Crippen LogP contribution >= 0.6 is 12.4 Å². The molecule has 184 valence electrons. The molecule has 35 heavy (non-hydrogen) atoms. The summed E-state index contributed by atoms with van der Waals surface area (Å²) < 4.78 is 0. The highest BCUT2D eigenvalue weighted by Crippen LogP contribution is 2.35. The lowest BCUT2D eigenvalue weighted by Crippen LogP contribution is -2.29. The molecule has 8 rings (SSSR count). The predicted octanol–water partition coefficient (Wildman–Crippen LogP) is -1.22. The Hall–Kier alpha value is -3.27. The van der Waals surface area contributed by atoms with Gasteiger partial charge >= 0.3 is 0 Å². The summed E-state index contributed by atoms with van der Waals surface area (Å²) >= 11 is 0. The van der Waals surface area contributed by atoms with E-state index in [-0.39, 0.29) is 35.5 Å². The molecule has 6 fully saturated rings. The van der Waals surface area contributed by atoms with Crippen LogP contribution in [0.4, 0.5) is 0 Å². The first-order chi connectivity index (χ1) is 16.5. The molecule has 10 nitrogen and oxygen atoms in total. The second-order valence-corrected chi connectivity index (χ2v) is 9.76. The van der Waals surface area contributed by atoms with Crippen molar-refractivity contribution in [2.75, 3.05) is 78.5 Å². The van der Waals surface area contributed by atoms with E-state index in [1.165, 1.54) is 12.2 Å². The largest absolute Gasteiger partial charge is 0.365 e. The standard InChI is InChI=1S/2C12H13N3O2.ClH/c2*16-9-7-8(13-1-2-13)12(17)11(15-5-6-15)10(9)14-3-4-14;/h2*7H,1-6H2;1H. The molecule has 0 aromatic rings. The van der Waals surface area contributed by atoms with E-state index in [0.717, 1.165) is 78.5 Å². The van der Waals surface area contributed by atoms with E-state index in [2.05, 4.69) is 0 Å². The molecule has 0 unspecified atom stereocenters. The lowest BCUT2D eigenvalue weighted by molar-refractivity contribution is -0.117. The molecule has 6 aliphatic heterocycles. The summed E-state index contributed by atoms with van der Waals surface area (Å²) in [5, 5.41) is 0. The predicted molar refractivity (Wildman–Crippen MR) is 127 cm³/mol. The van der Waals surface area contributed by atoms with Crippen molar-refractivity contribution in [1.29, 1.82) is 0 Å². The quantitative estimate of drug-likeness (QED) is 0.328. The van der Waals surface area contributed by atoms with E-state index in [9.17, 15) is 19.2 Å². The van der Waals surface area contributed by atoms with Gasteiger partial charge in [-0.25, -0.2) is 0 Å². The number of rotatable bonds is 6. The van der Waals surface area contributed by atoms with Gasteiger partial charge in [0.2, 0.25) is 23.1 Å². The van der Waals surface area contributed by atoms with Crippen LogP contribution in [-0.4, -0.2) is 131 Å². The number of halogens is 1. The maximum Gasteiger partial charge on any atom is 0.227 e. The summed E-state index contributed by atoms with van der Waals surface area (Å²) in [6.07, 6.45) is 3.05. The molecule has 8 aliphatic rings. The second-order valence-electron chi connectivity index (χ2n) is 9.76. The third kappa shape index (κ3) is 4.09. The molecule has 0 bridgehead atoms. The van der Waals surface area contributed by atoms with E-state index in [1.807, 2.05) is 29.4 Å². The Kier molecular flexibility index (Phi) is 5.00. The molecule has 0 amide bonds. The Morgan fingerprint density at radius 2 is 0.657 bits per heavy atom. The molecule has 0 spiro atoms. The molecule has 0 N–H and O–H groups in total. The van der Waals surface area contributed by atoms with Gasteiger partial charge in [0.15, 0.2) is 0 Å². The minimum absolute atomic E-state index is 0. The van der Waals surface area contributed by atoms with Crippen LogP contribution in [0.5, 0.6) is 0 Å². The van der Waals surface area contributed by atoms with Gasteiger partial charge in [-0.3, -0.25) is 19.2 Å². The van der Waals surface area contributed by atoms with Crippen molar-refractivity contribution in [1.82, 2.24) is 29.4 Å². The first-order valence-corrected chi connectivity index (χ1v) is 12.1. The summed E-state index contributed by atoms with van der Waals surface area (Å²) in [5.74, 6) is 0.0970. The van der Waals surface area contributed by atoms with Crippen LogP contribution in [0.3, 0.4) is 0 Å². The van der Waals surface area contributed by atoms with Gasteiger partial charge in [0.25, 0.3) is 0 Å². The van der Waals surface area contributed by atoms with Gasteiger partial charge in [-0.15, -0.1) is 12.4 Å². The highest BCUT2D eigenvalue weighted by Gasteiger charge is 2.44. The molecule has 0 atom stereocenters. The number of allylic oxidation sites excluding steroid dienone is 2. The van der Waals surface area contributed by atoms with Gasteiger partial charge in [-0.05, 0) is 0 Å². The molecule has 6 heterocycles. The Bertz CT molecular complexity index is 1090. The van der Waals surface area contributed by atoms with Gasteiger partial charge in [0, 0.05) is 90.7 Å². The van der Waals surface area contributed by atoms with Crippen molar-refractivity contribution in [2.24, 2.45) is 0 Å². The molecule has 0 radical (unpaired) electrons. The fourth-order valence-electron chi connectivity index (χ4n) is 4.55. The van der Waals surface area contributed by atoms with E-state index >= 15 is 0 Å². The summed E-state index contributed by atoms with van der Waals surface area (Å²) in [6, 6.07) is 0. The normalized spacial score (nSPS) is 25.8. The van der Waals surface area contributed by atoms with Crippen LogP contribution in [0.1, 0.15) is 0 Å². The van der Waals surface area contributed by atoms with Crippen molar-refractivity contribution in [3.63, 3.8) is 0 Å². The summed E-state index contributed by atoms with van der Waals surface area (Å²) in [7, 11) is 0. The van der Waals surface area contributed by atoms with Crippen molar-refractivity contribution in [2.45, 2.75) is 0 Å². The number of hydrogen-bond acceptors (Lipinski definition) is 10. The Labute approximate surface area is 209 Å². The van der Waals surface area contributed by atoms with E-state index < -0.39 is 0 Å². The molecule has 2 aliphatic carbocycles. The number of carbonyl (C=O) groups excluding carboxylic acids is 4. The first kappa shape index (κ1) is 22.2. The smallest absolute Gasteiger partial charge is 0.227 e. The number of hydrogen-bond donors (Lipinski definition) is 0. The molecular formula is C24H27ClN6O4. The minimum Gasteiger partial charge on any atom is -0.365 e. The third-order valence-electron chi connectivity index (χ3n) is 6.98. The van der Waals surface area contributed by atoms with E-state index in [4.69, 9.17) is 0 Å². The van der Waals surface area contributed by atoms with E-state index in [1.54, 1.807) is 0 Å². The zero-order chi connectivity index (χ0) is 23.1. The van der Waals surface area contributed by atoms with Gasteiger partial charge < -0.3 is 29.4 Å². The number of carbonyl (C=O) groups is 4. The Morgan fingerprint density at radius 1 is 0.400 bits per heavy atom. The third-order valence-corrected chi connectivity index (χ3v) is 6.98. The number of nitrogens with zero attached hydrogens (tertiary/aromatic N) is 6. The highest BCUT2D eigenvalue weighted by atomic mass is 35.5. The minimum atomic E-state index is 0. The average Bonchev–Trinajstić information content (AvgIpc) is 3.60. The van der Waals surface area contributed by atoms with E-state index in [0.29, 0.717) is 34.2 Å². The molecule has 11 heteroatoms. The Balaban J connectivity index is 0.000000127. The average molecular weight is 499 g/mol. The fourth-order valence-corrected chi connectivity index (χ4v) is 4.55. The second kappa shape index (κ2) is 7.87. The lowest BCUT2D eigenvalue weighted by atomic mass is 10.0. The highest BCUT2D eigenvalue weighted by molar-refractivity contribution is 6.23. The van der Waals surface area contributed by atoms with Gasteiger partial charge in [-0.2, -0.15) is 0 Å². The monoisotopic (exact) mass is 498 g/mol. The van der Waals surface area contributed by atoms with Crippen LogP contribution in [0.15, 0.2) is 46.3 Å². The van der Waals surface area contributed by atoms with Gasteiger partial charge in [-0.1, -0.05) is 0 Å².